The second kappa shape index (κ2) is 5.68. The maximum absolute atomic E-state index is 5.56. The highest BCUT2D eigenvalue weighted by atomic mass is 16.5. The van der Waals surface area contributed by atoms with Gasteiger partial charge in [0.15, 0.2) is 0 Å². The lowest BCUT2D eigenvalue weighted by molar-refractivity contribution is 0.356. The number of hydrogen-bond acceptors (Lipinski definition) is 2. The van der Waals surface area contributed by atoms with E-state index < -0.39 is 0 Å². The molecule has 0 radical (unpaired) electrons. The molecule has 0 amide bonds. The topological polar surface area (TPSA) is 21.3 Å². The van der Waals surface area contributed by atoms with Gasteiger partial charge >= 0.3 is 0 Å². The molecule has 2 atom stereocenters. The van der Waals surface area contributed by atoms with Crippen LogP contribution in [-0.4, -0.2) is 6.61 Å². The van der Waals surface area contributed by atoms with Crippen LogP contribution in [0.5, 0.6) is 5.75 Å². The molecule has 2 nitrogen and oxygen atoms in total. The van der Waals surface area contributed by atoms with Crippen LogP contribution in [0, 0.1) is 0 Å². The van der Waals surface area contributed by atoms with E-state index in [1.165, 1.54) is 16.7 Å². The third-order valence-corrected chi connectivity index (χ3v) is 4.01. The van der Waals surface area contributed by atoms with Crippen molar-refractivity contribution in [1.29, 1.82) is 0 Å². The van der Waals surface area contributed by atoms with Crippen LogP contribution in [0.1, 0.15) is 42.6 Å². The number of hydrogen-bond donors (Lipinski definition) is 1. The summed E-state index contributed by atoms with van der Waals surface area (Å²) in [6.45, 7) is 5.25. The summed E-state index contributed by atoms with van der Waals surface area (Å²) in [6.07, 6.45) is 1.03. The molecule has 0 bridgehead atoms. The zero-order valence-corrected chi connectivity index (χ0v) is 12.1. The van der Waals surface area contributed by atoms with Crippen LogP contribution in [0.15, 0.2) is 48.5 Å². The van der Waals surface area contributed by atoms with E-state index in [1.807, 2.05) is 0 Å². The quantitative estimate of drug-likeness (QED) is 0.903. The molecule has 2 heteroatoms. The molecule has 104 valence electrons. The Hall–Kier alpha value is -1.80. The average Bonchev–Trinajstić information content (AvgIpc) is 2.95. The molecule has 0 spiro atoms. The van der Waals surface area contributed by atoms with Gasteiger partial charge in [-0.05, 0) is 36.6 Å². The molecule has 1 aliphatic heterocycles. The zero-order chi connectivity index (χ0) is 13.9. The van der Waals surface area contributed by atoms with Crippen molar-refractivity contribution in [1.82, 2.24) is 5.32 Å². The highest BCUT2D eigenvalue weighted by Gasteiger charge is 2.16. The minimum absolute atomic E-state index is 0.330. The van der Waals surface area contributed by atoms with E-state index in [9.17, 15) is 0 Å². The first-order valence-electron chi connectivity index (χ1n) is 7.30. The van der Waals surface area contributed by atoms with Gasteiger partial charge in [0.25, 0.3) is 0 Å². The maximum atomic E-state index is 5.56. The second-order valence-electron chi connectivity index (χ2n) is 5.49. The molecule has 20 heavy (non-hydrogen) atoms. The van der Waals surface area contributed by atoms with E-state index in [4.69, 9.17) is 4.74 Å². The summed E-state index contributed by atoms with van der Waals surface area (Å²) < 4.78 is 5.56. The first-order chi connectivity index (χ1) is 9.74. The summed E-state index contributed by atoms with van der Waals surface area (Å²) in [4.78, 5) is 0. The summed E-state index contributed by atoms with van der Waals surface area (Å²) in [5.41, 5.74) is 3.99. The summed E-state index contributed by atoms with van der Waals surface area (Å²) in [5.74, 6) is 1.05. The SMILES string of the molecule is CC(N[C@@H](C)c1ccccc1)c1ccc2c(c1)CCO2. The molecule has 2 aromatic rings. The number of benzene rings is 2. The van der Waals surface area contributed by atoms with Crippen LogP contribution in [0.4, 0.5) is 0 Å². The van der Waals surface area contributed by atoms with E-state index in [0.29, 0.717) is 12.1 Å². The van der Waals surface area contributed by atoms with Gasteiger partial charge in [-0.25, -0.2) is 0 Å². The maximum Gasteiger partial charge on any atom is 0.122 e. The van der Waals surface area contributed by atoms with Crippen LogP contribution in [0.25, 0.3) is 0 Å². The number of fused-ring (bicyclic) bond motifs is 1. The van der Waals surface area contributed by atoms with Gasteiger partial charge in [-0.15, -0.1) is 0 Å². The highest BCUT2D eigenvalue weighted by Crippen LogP contribution is 2.29. The molecule has 0 saturated heterocycles. The van der Waals surface area contributed by atoms with Gasteiger partial charge < -0.3 is 10.1 Å². The third kappa shape index (κ3) is 2.70. The molecule has 3 rings (SSSR count). The van der Waals surface area contributed by atoms with Crippen LogP contribution < -0.4 is 10.1 Å². The minimum atomic E-state index is 0.330. The third-order valence-electron chi connectivity index (χ3n) is 4.01. The van der Waals surface area contributed by atoms with E-state index in [0.717, 1.165) is 18.8 Å². The minimum Gasteiger partial charge on any atom is -0.493 e. The van der Waals surface area contributed by atoms with Crippen molar-refractivity contribution in [3.05, 3.63) is 65.2 Å². The van der Waals surface area contributed by atoms with E-state index >= 15 is 0 Å². The Morgan fingerprint density at radius 3 is 2.50 bits per heavy atom. The standard InChI is InChI=1S/C18H21NO/c1-13(15-6-4-3-5-7-15)19-14(2)16-8-9-18-17(12-16)10-11-20-18/h3-9,12-14,19H,10-11H2,1-2H3/t13-,14?/m0/s1. The highest BCUT2D eigenvalue weighted by molar-refractivity contribution is 5.40. The fourth-order valence-corrected chi connectivity index (χ4v) is 2.79. The van der Waals surface area contributed by atoms with Gasteiger partial charge in [-0.1, -0.05) is 42.5 Å². The molecule has 1 aliphatic rings. The van der Waals surface area contributed by atoms with Crippen molar-refractivity contribution >= 4 is 0 Å². The van der Waals surface area contributed by atoms with Crippen molar-refractivity contribution in [2.75, 3.05) is 6.61 Å². The van der Waals surface area contributed by atoms with Gasteiger partial charge in [0.2, 0.25) is 0 Å². The number of ether oxygens (including phenoxy) is 1. The molecule has 1 heterocycles. The van der Waals surface area contributed by atoms with Gasteiger partial charge in [0.1, 0.15) is 5.75 Å². The Morgan fingerprint density at radius 2 is 1.70 bits per heavy atom. The normalized spacial score (nSPS) is 16.3. The van der Waals surface area contributed by atoms with E-state index in [-0.39, 0.29) is 0 Å². The average molecular weight is 267 g/mol. The summed E-state index contributed by atoms with van der Waals surface area (Å²) in [7, 11) is 0. The van der Waals surface area contributed by atoms with Crippen molar-refractivity contribution in [3.8, 4) is 5.75 Å². The van der Waals surface area contributed by atoms with Crippen LogP contribution in [0.2, 0.25) is 0 Å². The molecule has 1 unspecified atom stereocenters. The Kier molecular flexibility index (Phi) is 3.75. The molecular weight excluding hydrogens is 246 g/mol. The fourth-order valence-electron chi connectivity index (χ4n) is 2.79. The van der Waals surface area contributed by atoms with E-state index in [1.54, 1.807) is 0 Å². The monoisotopic (exact) mass is 267 g/mol. The first-order valence-corrected chi connectivity index (χ1v) is 7.30. The number of nitrogens with one attached hydrogen (secondary N) is 1. The van der Waals surface area contributed by atoms with Gasteiger partial charge in [-0.2, -0.15) is 0 Å². The predicted molar refractivity (Wildman–Crippen MR) is 82.0 cm³/mol. The summed E-state index contributed by atoms with van der Waals surface area (Å²) in [5, 5.41) is 3.66. The van der Waals surface area contributed by atoms with Gasteiger partial charge in [0.05, 0.1) is 6.61 Å². The largest absolute Gasteiger partial charge is 0.493 e. The molecule has 1 N–H and O–H groups in total. The summed E-state index contributed by atoms with van der Waals surface area (Å²) in [6, 6.07) is 17.8. The van der Waals surface area contributed by atoms with Gasteiger partial charge in [0, 0.05) is 18.5 Å². The zero-order valence-electron chi connectivity index (χ0n) is 12.1. The number of rotatable bonds is 4. The van der Waals surface area contributed by atoms with Crippen LogP contribution >= 0.6 is 0 Å². The smallest absolute Gasteiger partial charge is 0.122 e. The Labute approximate surface area is 120 Å². The van der Waals surface area contributed by atoms with Gasteiger partial charge in [-0.3, -0.25) is 0 Å². The summed E-state index contributed by atoms with van der Waals surface area (Å²) >= 11 is 0. The van der Waals surface area contributed by atoms with Crippen molar-refractivity contribution in [3.63, 3.8) is 0 Å². The van der Waals surface area contributed by atoms with Crippen molar-refractivity contribution < 1.29 is 4.74 Å². The molecule has 0 aliphatic carbocycles. The Morgan fingerprint density at radius 1 is 0.950 bits per heavy atom. The lowest BCUT2D eigenvalue weighted by Crippen LogP contribution is -2.22. The molecule has 0 fully saturated rings. The predicted octanol–water partition coefficient (Wildman–Crippen LogP) is 4.03. The van der Waals surface area contributed by atoms with Crippen LogP contribution in [-0.2, 0) is 6.42 Å². The first kappa shape index (κ1) is 13.2. The Balaban J connectivity index is 1.71. The molecular formula is C18H21NO. The van der Waals surface area contributed by atoms with Crippen molar-refractivity contribution in [2.24, 2.45) is 0 Å². The fraction of sp³-hybridized carbons (Fsp3) is 0.333. The molecule has 0 aromatic heterocycles. The lowest BCUT2D eigenvalue weighted by atomic mass is 10.0. The lowest BCUT2D eigenvalue weighted by Gasteiger charge is -2.21. The molecule has 2 aromatic carbocycles. The van der Waals surface area contributed by atoms with E-state index in [2.05, 4.69) is 67.7 Å². The van der Waals surface area contributed by atoms with Crippen molar-refractivity contribution in [2.45, 2.75) is 32.4 Å². The van der Waals surface area contributed by atoms with Crippen LogP contribution in [0.3, 0.4) is 0 Å². The second-order valence-corrected chi connectivity index (χ2v) is 5.49. The molecule has 0 saturated carbocycles. The Bertz CT molecular complexity index is 579.